The second-order valence-electron chi connectivity index (χ2n) is 8.39. The zero-order valence-corrected chi connectivity index (χ0v) is 17.9. The lowest BCUT2D eigenvalue weighted by atomic mass is 9.98. The highest BCUT2D eigenvalue weighted by molar-refractivity contribution is 5.81. The van der Waals surface area contributed by atoms with E-state index in [-0.39, 0.29) is 29.2 Å². The minimum absolute atomic E-state index is 0.127. The van der Waals surface area contributed by atoms with Crippen molar-refractivity contribution in [1.82, 2.24) is 30.1 Å². The van der Waals surface area contributed by atoms with Gasteiger partial charge < -0.3 is 10.6 Å². The van der Waals surface area contributed by atoms with Crippen LogP contribution in [-0.4, -0.2) is 49.1 Å². The quantitative estimate of drug-likeness (QED) is 0.652. The van der Waals surface area contributed by atoms with Crippen molar-refractivity contribution in [2.24, 2.45) is 5.92 Å². The Hall–Kier alpha value is -3.69. The molecule has 1 fully saturated rings. The number of pyridine rings is 1. The zero-order chi connectivity index (χ0) is 22.9. The summed E-state index contributed by atoms with van der Waals surface area (Å²) >= 11 is 0. The van der Waals surface area contributed by atoms with Gasteiger partial charge in [-0.1, -0.05) is 25.0 Å². The summed E-state index contributed by atoms with van der Waals surface area (Å²) in [7, 11) is 0. The summed E-state index contributed by atoms with van der Waals surface area (Å²) in [4.78, 5) is 18.9. The fraction of sp³-hybridized carbons (Fsp3) is 0.348. The Kier molecular flexibility index (Phi) is 5.57. The number of anilines is 1. The van der Waals surface area contributed by atoms with E-state index in [0.717, 1.165) is 47.6 Å². The van der Waals surface area contributed by atoms with Crippen molar-refractivity contribution < 1.29 is 13.6 Å². The Morgan fingerprint density at radius 3 is 2.76 bits per heavy atom. The van der Waals surface area contributed by atoms with Crippen LogP contribution in [0.1, 0.15) is 37.7 Å². The largest absolute Gasteiger partial charge is 0.383 e. The van der Waals surface area contributed by atoms with Gasteiger partial charge in [-0.25, -0.2) is 13.8 Å². The average molecular weight is 451 g/mol. The van der Waals surface area contributed by atoms with Crippen LogP contribution in [0.3, 0.4) is 0 Å². The van der Waals surface area contributed by atoms with Gasteiger partial charge >= 0.3 is 0 Å². The molecule has 8 nitrogen and oxygen atoms in total. The molecular weight excluding hydrogens is 428 g/mol. The van der Waals surface area contributed by atoms with E-state index in [4.69, 9.17) is 5.73 Å². The minimum atomic E-state index is -1.06. The van der Waals surface area contributed by atoms with E-state index in [0.29, 0.717) is 25.1 Å². The zero-order valence-electron chi connectivity index (χ0n) is 17.9. The maximum atomic E-state index is 14.4. The predicted molar refractivity (Wildman–Crippen MR) is 118 cm³/mol. The molecule has 170 valence electrons. The number of nitrogens with zero attached hydrogens (tertiary/aromatic N) is 6. The lowest BCUT2D eigenvalue weighted by Crippen LogP contribution is -2.38. The van der Waals surface area contributed by atoms with Crippen molar-refractivity contribution in [3.8, 4) is 17.1 Å². The van der Waals surface area contributed by atoms with Gasteiger partial charge in [0.1, 0.15) is 11.5 Å². The highest BCUT2D eigenvalue weighted by atomic mass is 19.2. The number of hydrogen-bond donors (Lipinski definition) is 1. The van der Waals surface area contributed by atoms with E-state index in [1.807, 2.05) is 11.0 Å². The number of carbonyl (C=O) groups excluding carboxylic acids is 1. The first-order valence-electron chi connectivity index (χ1n) is 11.0. The molecule has 0 spiro atoms. The third-order valence-corrected chi connectivity index (χ3v) is 6.38. The Labute approximate surface area is 189 Å². The van der Waals surface area contributed by atoms with Crippen LogP contribution in [0.15, 0.2) is 36.5 Å². The molecule has 1 aliphatic heterocycles. The maximum absolute atomic E-state index is 14.4. The van der Waals surface area contributed by atoms with Crippen LogP contribution >= 0.6 is 0 Å². The summed E-state index contributed by atoms with van der Waals surface area (Å²) in [6.45, 7) is 1.20. The normalized spacial score (nSPS) is 16.8. The number of rotatable bonds is 4. The molecule has 33 heavy (non-hydrogen) atoms. The molecule has 2 aliphatic rings. The van der Waals surface area contributed by atoms with E-state index < -0.39 is 11.6 Å². The topological polar surface area (TPSA) is 103 Å². The number of amides is 1. The van der Waals surface area contributed by atoms with Crippen LogP contribution < -0.4 is 5.73 Å². The molecule has 1 aromatic carbocycles. The van der Waals surface area contributed by atoms with Gasteiger partial charge in [0.15, 0.2) is 17.5 Å². The summed E-state index contributed by atoms with van der Waals surface area (Å²) < 4.78 is 29.2. The number of tetrazole rings is 1. The first-order chi connectivity index (χ1) is 16.0. The van der Waals surface area contributed by atoms with Crippen molar-refractivity contribution in [3.05, 3.63) is 53.7 Å². The predicted octanol–water partition coefficient (Wildman–Crippen LogP) is 3.39. The molecule has 3 heterocycles. The summed E-state index contributed by atoms with van der Waals surface area (Å²) in [5, 5.41) is 11.4. The van der Waals surface area contributed by atoms with Gasteiger partial charge in [0.2, 0.25) is 5.91 Å². The lowest BCUT2D eigenvalue weighted by molar-refractivity contribution is -0.134. The Bertz CT molecular complexity index is 1230. The van der Waals surface area contributed by atoms with Gasteiger partial charge in [0.05, 0.1) is 5.56 Å². The molecule has 0 atom stereocenters. The number of hydrogen-bond acceptors (Lipinski definition) is 6. The van der Waals surface area contributed by atoms with Crippen LogP contribution in [0.5, 0.6) is 0 Å². The Balaban J connectivity index is 1.43. The molecule has 2 N–H and O–H groups in total. The third kappa shape index (κ3) is 3.96. The number of nitrogen functional groups attached to an aromatic ring is 1. The maximum Gasteiger partial charge on any atom is 0.225 e. The fourth-order valence-electron chi connectivity index (χ4n) is 4.57. The van der Waals surface area contributed by atoms with Crippen molar-refractivity contribution in [2.75, 3.05) is 18.8 Å². The standard InChI is InChI=1S/C23H23F2N7O/c24-18-6-3-7-19(20(18)25)32-22(28-29-30-32)17-12-16(13-27-21(17)26)14-8-10-31(11-9-14)23(33)15-4-1-2-5-15/h3,6-8,12-13,15H,1-2,4-5,9-11H2,(H2,26,27). The molecule has 0 unspecified atom stereocenters. The second-order valence-corrected chi connectivity index (χ2v) is 8.39. The van der Waals surface area contributed by atoms with Crippen LogP contribution in [0.25, 0.3) is 22.6 Å². The summed E-state index contributed by atoms with van der Waals surface area (Å²) in [5.74, 6) is -1.34. The number of benzene rings is 1. The average Bonchev–Trinajstić information content (AvgIpc) is 3.53. The third-order valence-electron chi connectivity index (χ3n) is 6.38. The van der Waals surface area contributed by atoms with E-state index in [2.05, 4.69) is 20.5 Å². The number of aromatic nitrogens is 5. The van der Waals surface area contributed by atoms with Crippen LogP contribution in [0.4, 0.5) is 14.6 Å². The molecule has 0 radical (unpaired) electrons. The second kappa shape index (κ2) is 8.68. The molecule has 0 bridgehead atoms. The molecule has 1 aliphatic carbocycles. The van der Waals surface area contributed by atoms with Crippen molar-refractivity contribution in [2.45, 2.75) is 32.1 Å². The summed E-state index contributed by atoms with van der Waals surface area (Å²) in [6, 6.07) is 5.58. The first kappa shape index (κ1) is 21.2. The molecule has 5 rings (SSSR count). The highest BCUT2D eigenvalue weighted by Gasteiger charge is 2.28. The lowest BCUT2D eigenvalue weighted by Gasteiger charge is -2.29. The van der Waals surface area contributed by atoms with Crippen LogP contribution in [0.2, 0.25) is 0 Å². The molecule has 1 saturated carbocycles. The Morgan fingerprint density at radius 2 is 2.00 bits per heavy atom. The van der Waals surface area contributed by atoms with Crippen LogP contribution in [-0.2, 0) is 4.79 Å². The van der Waals surface area contributed by atoms with Gasteiger partial charge in [-0.15, -0.1) is 5.10 Å². The van der Waals surface area contributed by atoms with Gasteiger partial charge in [0, 0.05) is 25.2 Å². The van der Waals surface area contributed by atoms with Gasteiger partial charge in [-0.2, -0.15) is 4.68 Å². The molecular formula is C23H23F2N7O. The number of carbonyl (C=O) groups is 1. The van der Waals surface area contributed by atoms with E-state index in [1.165, 1.54) is 12.1 Å². The Morgan fingerprint density at radius 1 is 1.18 bits per heavy atom. The van der Waals surface area contributed by atoms with E-state index >= 15 is 0 Å². The first-order valence-corrected chi connectivity index (χ1v) is 11.0. The SMILES string of the molecule is Nc1ncc(C2=CCN(C(=O)C3CCCC3)CC2)cc1-c1nnnn1-c1cccc(F)c1F. The monoisotopic (exact) mass is 451 g/mol. The van der Waals surface area contributed by atoms with Gasteiger partial charge in [-0.05, 0) is 59.0 Å². The fourth-order valence-corrected chi connectivity index (χ4v) is 4.57. The number of nitrogens with two attached hydrogens (primary N) is 1. The molecule has 1 amide bonds. The molecule has 0 saturated heterocycles. The van der Waals surface area contributed by atoms with Gasteiger partial charge in [0.25, 0.3) is 0 Å². The van der Waals surface area contributed by atoms with Crippen molar-refractivity contribution in [1.29, 1.82) is 0 Å². The highest BCUT2D eigenvalue weighted by Crippen LogP contribution is 2.32. The smallest absolute Gasteiger partial charge is 0.225 e. The van der Waals surface area contributed by atoms with Crippen molar-refractivity contribution >= 4 is 17.3 Å². The van der Waals surface area contributed by atoms with Crippen molar-refractivity contribution in [3.63, 3.8) is 0 Å². The minimum Gasteiger partial charge on any atom is -0.383 e. The van der Waals surface area contributed by atoms with E-state index in [9.17, 15) is 13.6 Å². The number of halogens is 2. The summed E-state index contributed by atoms with van der Waals surface area (Å²) in [5.41, 5.74) is 8.24. The molecule has 10 heteroatoms. The molecule has 3 aromatic rings. The van der Waals surface area contributed by atoms with Crippen LogP contribution in [0, 0.1) is 17.6 Å². The van der Waals surface area contributed by atoms with Gasteiger partial charge in [-0.3, -0.25) is 4.79 Å². The van der Waals surface area contributed by atoms with E-state index in [1.54, 1.807) is 12.3 Å². The summed E-state index contributed by atoms with van der Waals surface area (Å²) in [6.07, 6.45) is 8.61. The molecule has 2 aromatic heterocycles.